The van der Waals surface area contributed by atoms with Crippen LogP contribution in [-0.2, 0) is 6.18 Å². The number of halogens is 5. The van der Waals surface area contributed by atoms with E-state index in [-0.39, 0.29) is 37.8 Å². The lowest BCUT2D eigenvalue weighted by molar-refractivity contribution is -0.140. The van der Waals surface area contributed by atoms with E-state index in [0.29, 0.717) is 20.4 Å². The minimum Gasteiger partial charge on any atom is -0.464 e. The van der Waals surface area contributed by atoms with Crippen molar-refractivity contribution in [3.63, 3.8) is 0 Å². The van der Waals surface area contributed by atoms with Crippen LogP contribution in [0.1, 0.15) is 25.9 Å². The normalized spacial score (nSPS) is 11.8. The van der Waals surface area contributed by atoms with Crippen LogP contribution < -0.4 is 11.1 Å². The summed E-state index contributed by atoms with van der Waals surface area (Å²) >= 11 is 6.97. The number of hydrogen-bond donors (Lipinski definition) is 3. The molecule has 0 aromatic carbocycles. The molecular formula is C17H8Br2F3N5O3S. The molecule has 0 aliphatic carbocycles. The zero-order chi connectivity index (χ0) is 22.5. The molecule has 8 nitrogen and oxygen atoms in total. The van der Waals surface area contributed by atoms with E-state index in [2.05, 4.69) is 52.4 Å². The molecule has 4 aromatic heterocycles. The van der Waals surface area contributed by atoms with Gasteiger partial charge in [0.05, 0.1) is 16.4 Å². The highest BCUT2D eigenvalue weighted by atomic mass is 79.9. The van der Waals surface area contributed by atoms with Gasteiger partial charge < -0.3 is 15.5 Å². The number of nitrogens with two attached hydrogens (primary N) is 1. The van der Waals surface area contributed by atoms with Gasteiger partial charge in [-0.25, -0.2) is 4.98 Å². The number of alkyl halides is 3. The Balaban J connectivity index is 1.97. The van der Waals surface area contributed by atoms with Gasteiger partial charge in [-0.3, -0.25) is 14.7 Å². The molecule has 0 aliphatic heterocycles. The number of H-pyrrole nitrogens is 1. The lowest BCUT2D eigenvalue weighted by Crippen LogP contribution is -2.17. The average Bonchev–Trinajstić information content (AvgIpc) is 3.41. The molecule has 14 heteroatoms. The Morgan fingerprint density at radius 2 is 2.03 bits per heavy atom. The van der Waals surface area contributed by atoms with E-state index < -0.39 is 23.7 Å². The predicted octanol–water partition coefficient (Wildman–Crippen LogP) is 5.17. The number of fused-ring (bicyclic) bond motifs is 1. The Morgan fingerprint density at radius 1 is 1.29 bits per heavy atom. The predicted molar refractivity (Wildman–Crippen MR) is 113 cm³/mol. The van der Waals surface area contributed by atoms with Crippen molar-refractivity contribution >= 4 is 70.9 Å². The molecular weight excluding hydrogens is 571 g/mol. The standard InChI is InChI=1S/C17H8Br2F3N5O3S/c18-9-11(26-27-13(9)19)15(29)25-10-8-5(6-2-1-3-30-6)4-7(17(20,21)22)24-16(8)31-12(10)14(23)28/h1-4H,(H2,23,28)(H,25,29)(H,26,27). The second-order valence-electron chi connectivity index (χ2n) is 6.04. The van der Waals surface area contributed by atoms with Gasteiger partial charge in [0.25, 0.3) is 11.8 Å². The van der Waals surface area contributed by atoms with E-state index in [1.807, 2.05) is 0 Å². The van der Waals surface area contributed by atoms with E-state index in [0.717, 1.165) is 6.07 Å². The molecule has 0 atom stereocenters. The number of furan rings is 1. The summed E-state index contributed by atoms with van der Waals surface area (Å²) in [7, 11) is 0. The van der Waals surface area contributed by atoms with Crippen LogP contribution >= 0.6 is 43.2 Å². The number of hydrogen-bond acceptors (Lipinski definition) is 6. The van der Waals surface area contributed by atoms with E-state index in [1.54, 1.807) is 0 Å². The molecule has 31 heavy (non-hydrogen) atoms. The summed E-state index contributed by atoms with van der Waals surface area (Å²) in [5.74, 6) is -1.59. The molecule has 0 fully saturated rings. The Kier molecular flexibility index (Phi) is 5.39. The van der Waals surface area contributed by atoms with Crippen LogP contribution in [0.3, 0.4) is 0 Å². The molecule has 160 valence electrons. The fraction of sp³-hybridized carbons (Fsp3) is 0.0588. The first-order chi connectivity index (χ1) is 14.6. The fourth-order valence-electron chi connectivity index (χ4n) is 2.79. The number of primary amides is 1. The second-order valence-corrected chi connectivity index (χ2v) is 8.62. The van der Waals surface area contributed by atoms with Crippen LogP contribution in [0, 0.1) is 0 Å². The molecule has 0 saturated carbocycles. The number of carbonyl (C=O) groups is 2. The van der Waals surface area contributed by atoms with Crippen molar-refractivity contribution in [2.24, 2.45) is 5.73 Å². The lowest BCUT2D eigenvalue weighted by atomic mass is 10.1. The van der Waals surface area contributed by atoms with E-state index in [1.165, 1.54) is 18.4 Å². The number of anilines is 1. The van der Waals surface area contributed by atoms with Crippen molar-refractivity contribution in [2.75, 3.05) is 5.32 Å². The third-order valence-electron chi connectivity index (χ3n) is 4.08. The van der Waals surface area contributed by atoms with Crippen molar-refractivity contribution in [1.29, 1.82) is 0 Å². The van der Waals surface area contributed by atoms with Gasteiger partial charge in [-0.05, 0) is 50.1 Å². The van der Waals surface area contributed by atoms with Gasteiger partial charge in [-0.1, -0.05) is 0 Å². The smallest absolute Gasteiger partial charge is 0.433 e. The highest BCUT2D eigenvalue weighted by Gasteiger charge is 2.35. The number of pyridine rings is 1. The van der Waals surface area contributed by atoms with E-state index in [4.69, 9.17) is 10.2 Å². The summed E-state index contributed by atoms with van der Waals surface area (Å²) in [6, 6.07) is 3.73. The number of carbonyl (C=O) groups excluding carboxylic acids is 2. The van der Waals surface area contributed by atoms with Gasteiger partial charge in [0.15, 0.2) is 5.69 Å². The number of thiophene rings is 1. The quantitative estimate of drug-likeness (QED) is 0.308. The van der Waals surface area contributed by atoms with Crippen molar-refractivity contribution in [2.45, 2.75) is 6.18 Å². The zero-order valence-electron chi connectivity index (χ0n) is 14.8. The molecule has 4 heterocycles. The monoisotopic (exact) mass is 577 g/mol. The summed E-state index contributed by atoms with van der Waals surface area (Å²) < 4.78 is 46.2. The molecule has 0 radical (unpaired) electrons. The summed E-state index contributed by atoms with van der Waals surface area (Å²) in [4.78, 5) is 28.1. The first-order valence-electron chi connectivity index (χ1n) is 8.17. The van der Waals surface area contributed by atoms with Crippen LogP contribution in [0.15, 0.2) is 38.0 Å². The number of aromatic amines is 1. The number of aromatic nitrogens is 3. The minimum atomic E-state index is -4.75. The largest absolute Gasteiger partial charge is 0.464 e. The third-order valence-corrected chi connectivity index (χ3v) is 7.06. The van der Waals surface area contributed by atoms with Crippen molar-refractivity contribution in [3.05, 3.63) is 49.8 Å². The van der Waals surface area contributed by atoms with Crippen LogP contribution in [0.4, 0.5) is 18.9 Å². The summed E-state index contributed by atoms with van der Waals surface area (Å²) in [5, 5.41) is 8.99. The fourth-order valence-corrected chi connectivity index (χ4v) is 4.43. The van der Waals surface area contributed by atoms with Gasteiger partial charge in [-0.15, -0.1) is 11.3 Å². The maximum absolute atomic E-state index is 13.4. The molecule has 4 aromatic rings. The molecule has 0 saturated heterocycles. The summed E-state index contributed by atoms with van der Waals surface area (Å²) in [5.41, 5.74) is 4.10. The molecule has 0 spiro atoms. The van der Waals surface area contributed by atoms with E-state index >= 15 is 0 Å². The maximum Gasteiger partial charge on any atom is 0.433 e. The first-order valence-corrected chi connectivity index (χ1v) is 10.6. The zero-order valence-corrected chi connectivity index (χ0v) is 18.8. The van der Waals surface area contributed by atoms with Crippen molar-refractivity contribution in [1.82, 2.24) is 15.2 Å². The Morgan fingerprint density at radius 3 is 2.58 bits per heavy atom. The first kappa shape index (κ1) is 21.5. The number of rotatable bonds is 4. The van der Waals surface area contributed by atoms with Gasteiger partial charge in [0, 0.05) is 10.9 Å². The number of nitrogens with one attached hydrogen (secondary N) is 2. The Hall–Kier alpha value is -2.71. The molecule has 4 rings (SSSR count). The molecule has 0 aliphatic rings. The maximum atomic E-state index is 13.4. The lowest BCUT2D eigenvalue weighted by Gasteiger charge is -2.10. The van der Waals surface area contributed by atoms with Crippen LogP contribution in [0.5, 0.6) is 0 Å². The van der Waals surface area contributed by atoms with Crippen LogP contribution in [0.2, 0.25) is 0 Å². The topological polar surface area (TPSA) is 127 Å². The number of nitrogens with zero attached hydrogens (tertiary/aromatic N) is 2. The molecule has 0 bridgehead atoms. The molecule has 2 amide bonds. The second kappa shape index (κ2) is 7.76. The highest BCUT2D eigenvalue weighted by Crippen LogP contribution is 2.44. The van der Waals surface area contributed by atoms with Gasteiger partial charge in [0.1, 0.15) is 25.8 Å². The SMILES string of the molecule is NC(=O)c1sc2nc(C(F)(F)F)cc(-c3ccco3)c2c1NC(=O)c1n[nH]c(Br)c1Br. The van der Waals surface area contributed by atoms with Gasteiger partial charge >= 0.3 is 6.18 Å². The highest BCUT2D eigenvalue weighted by molar-refractivity contribution is 9.13. The van der Waals surface area contributed by atoms with E-state index in [9.17, 15) is 22.8 Å². The minimum absolute atomic E-state index is 0.0105. The molecule has 4 N–H and O–H groups in total. The van der Waals surface area contributed by atoms with Gasteiger partial charge in [-0.2, -0.15) is 18.3 Å². The Labute approximate surface area is 191 Å². The van der Waals surface area contributed by atoms with Crippen LogP contribution in [0.25, 0.3) is 21.5 Å². The summed E-state index contributed by atoms with van der Waals surface area (Å²) in [6.45, 7) is 0. The number of amides is 2. The van der Waals surface area contributed by atoms with Crippen molar-refractivity contribution in [3.8, 4) is 11.3 Å². The Bertz CT molecular complexity index is 1330. The third kappa shape index (κ3) is 3.85. The average molecular weight is 579 g/mol. The molecule has 0 unspecified atom stereocenters. The van der Waals surface area contributed by atoms with Crippen LogP contribution in [-0.4, -0.2) is 27.0 Å². The van der Waals surface area contributed by atoms with Crippen molar-refractivity contribution < 1.29 is 27.2 Å². The van der Waals surface area contributed by atoms with Gasteiger partial charge in [0.2, 0.25) is 0 Å². The summed E-state index contributed by atoms with van der Waals surface area (Å²) in [6.07, 6.45) is -3.46.